The molecule has 1 aromatic heterocycles. The van der Waals surface area contributed by atoms with Gasteiger partial charge in [0.25, 0.3) is 5.91 Å². The van der Waals surface area contributed by atoms with Crippen LogP contribution in [-0.4, -0.2) is 29.1 Å². The quantitative estimate of drug-likeness (QED) is 0.775. The summed E-state index contributed by atoms with van der Waals surface area (Å²) in [6.45, 7) is 4.85. The lowest BCUT2D eigenvalue weighted by Gasteiger charge is -2.15. The number of aryl methyl sites for hydroxylation is 1. The fraction of sp³-hybridized carbons (Fsp3) is 0.444. The van der Waals surface area contributed by atoms with Gasteiger partial charge in [0.2, 0.25) is 0 Å². The molecule has 2 rings (SSSR count). The van der Waals surface area contributed by atoms with Crippen molar-refractivity contribution in [2.45, 2.75) is 33.1 Å². The van der Waals surface area contributed by atoms with Gasteiger partial charge in [-0.25, -0.2) is 4.98 Å². The Morgan fingerprint density at radius 2 is 2.22 bits per heavy atom. The summed E-state index contributed by atoms with van der Waals surface area (Å²) in [4.78, 5) is 16.8. The van der Waals surface area contributed by atoms with Crippen LogP contribution < -0.4 is 5.32 Å². The molecule has 1 aromatic carbocycles. The van der Waals surface area contributed by atoms with Crippen molar-refractivity contribution in [3.8, 4) is 10.6 Å². The molecule has 0 radical (unpaired) electrons. The Bertz CT molecular complexity index is 633. The van der Waals surface area contributed by atoms with Crippen LogP contribution in [-0.2, 0) is 0 Å². The maximum absolute atomic E-state index is 12.4. The van der Waals surface area contributed by atoms with Gasteiger partial charge in [-0.15, -0.1) is 11.3 Å². The molecule has 5 heteroatoms. The molecule has 1 unspecified atom stereocenters. The van der Waals surface area contributed by atoms with Crippen LogP contribution in [0.15, 0.2) is 29.6 Å². The number of carbonyl (C=O) groups is 1. The first-order valence-corrected chi connectivity index (χ1v) is 8.93. The fourth-order valence-corrected chi connectivity index (χ4v) is 3.35. The molecule has 1 heterocycles. The second-order valence-corrected chi connectivity index (χ2v) is 6.61. The fourth-order valence-electron chi connectivity index (χ4n) is 2.56. The monoisotopic (exact) mass is 332 g/mol. The highest BCUT2D eigenvalue weighted by Gasteiger charge is 2.12. The van der Waals surface area contributed by atoms with Crippen molar-refractivity contribution in [2.75, 3.05) is 13.2 Å². The van der Waals surface area contributed by atoms with E-state index in [-0.39, 0.29) is 12.5 Å². The zero-order valence-electron chi connectivity index (χ0n) is 13.7. The minimum absolute atomic E-state index is 0.0702. The maximum atomic E-state index is 12.4. The Hall–Kier alpha value is -1.72. The molecule has 0 aliphatic rings. The first-order valence-electron chi connectivity index (χ1n) is 8.05. The number of hydrogen-bond acceptors (Lipinski definition) is 4. The Balaban J connectivity index is 2.02. The number of hydrogen-bond donors (Lipinski definition) is 2. The van der Waals surface area contributed by atoms with Crippen molar-refractivity contribution < 1.29 is 9.90 Å². The van der Waals surface area contributed by atoms with Gasteiger partial charge in [0, 0.05) is 35.4 Å². The van der Waals surface area contributed by atoms with Crippen molar-refractivity contribution in [1.29, 1.82) is 0 Å². The topological polar surface area (TPSA) is 62.2 Å². The lowest BCUT2D eigenvalue weighted by atomic mass is 10.00. The van der Waals surface area contributed by atoms with Crippen LogP contribution in [0.4, 0.5) is 0 Å². The van der Waals surface area contributed by atoms with Crippen molar-refractivity contribution >= 4 is 17.2 Å². The molecule has 2 aromatic rings. The zero-order chi connectivity index (χ0) is 16.7. The van der Waals surface area contributed by atoms with E-state index in [0.717, 1.165) is 35.5 Å². The molecular weight excluding hydrogens is 308 g/mol. The van der Waals surface area contributed by atoms with E-state index in [4.69, 9.17) is 5.11 Å². The number of aromatic nitrogens is 1. The Morgan fingerprint density at radius 1 is 1.39 bits per heavy atom. The van der Waals surface area contributed by atoms with Crippen LogP contribution in [0.2, 0.25) is 0 Å². The standard InChI is InChI=1S/C18H24N2O2S/c1-3-5-14(8-9-21)11-19-17(22)15-6-4-7-16(10-15)18-20-13(2)12-23-18/h4,6-7,10,12,14,21H,3,5,8-9,11H2,1-2H3,(H,19,22). The van der Waals surface area contributed by atoms with Gasteiger partial charge in [0.05, 0.1) is 0 Å². The number of nitrogens with zero attached hydrogens (tertiary/aromatic N) is 1. The van der Waals surface area contributed by atoms with E-state index in [1.807, 2.05) is 36.6 Å². The van der Waals surface area contributed by atoms with Gasteiger partial charge in [-0.1, -0.05) is 25.5 Å². The highest BCUT2D eigenvalue weighted by molar-refractivity contribution is 7.13. The van der Waals surface area contributed by atoms with Crippen LogP contribution in [0, 0.1) is 12.8 Å². The normalized spacial score (nSPS) is 12.1. The minimum Gasteiger partial charge on any atom is -0.396 e. The van der Waals surface area contributed by atoms with Gasteiger partial charge in [-0.3, -0.25) is 4.79 Å². The largest absolute Gasteiger partial charge is 0.396 e. The number of aliphatic hydroxyl groups is 1. The molecule has 2 N–H and O–H groups in total. The molecule has 0 bridgehead atoms. The van der Waals surface area contributed by atoms with E-state index >= 15 is 0 Å². The maximum Gasteiger partial charge on any atom is 0.251 e. The number of amides is 1. The Labute approximate surface area is 141 Å². The summed E-state index contributed by atoms with van der Waals surface area (Å²) in [5.41, 5.74) is 2.61. The highest BCUT2D eigenvalue weighted by atomic mass is 32.1. The van der Waals surface area contributed by atoms with Crippen molar-refractivity contribution in [2.24, 2.45) is 5.92 Å². The number of thiazole rings is 1. The van der Waals surface area contributed by atoms with E-state index in [9.17, 15) is 4.79 Å². The number of nitrogens with one attached hydrogen (secondary N) is 1. The summed E-state index contributed by atoms with van der Waals surface area (Å²) in [7, 11) is 0. The molecule has 0 fully saturated rings. The van der Waals surface area contributed by atoms with Crippen molar-refractivity contribution in [1.82, 2.24) is 10.3 Å². The van der Waals surface area contributed by atoms with E-state index in [2.05, 4.69) is 17.2 Å². The van der Waals surface area contributed by atoms with Gasteiger partial charge >= 0.3 is 0 Å². The molecule has 1 amide bonds. The summed E-state index contributed by atoms with van der Waals surface area (Å²) in [5.74, 6) is 0.262. The first-order chi connectivity index (χ1) is 11.1. The highest BCUT2D eigenvalue weighted by Crippen LogP contribution is 2.24. The summed E-state index contributed by atoms with van der Waals surface area (Å²) < 4.78 is 0. The average molecular weight is 332 g/mol. The van der Waals surface area contributed by atoms with Crippen LogP contribution >= 0.6 is 11.3 Å². The Morgan fingerprint density at radius 3 is 2.87 bits per heavy atom. The first kappa shape index (κ1) is 17.6. The lowest BCUT2D eigenvalue weighted by Crippen LogP contribution is -2.29. The third kappa shape index (κ3) is 5.15. The molecule has 124 valence electrons. The molecule has 0 spiro atoms. The molecule has 23 heavy (non-hydrogen) atoms. The SMILES string of the molecule is CCCC(CCO)CNC(=O)c1cccc(-c2nc(C)cs2)c1. The van der Waals surface area contributed by atoms with Gasteiger partial charge in [0.1, 0.15) is 5.01 Å². The minimum atomic E-state index is -0.0702. The zero-order valence-corrected chi connectivity index (χ0v) is 14.5. The van der Waals surface area contributed by atoms with E-state index < -0.39 is 0 Å². The second-order valence-electron chi connectivity index (χ2n) is 5.75. The predicted octanol–water partition coefficient (Wildman–Crippen LogP) is 3.65. The third-order valence-corrected chi connectivity index (χ3v) is 4.79. The van der Waals surface area contributed by atoms with E-state index in [1.165, 1.54) is 0 Å². The summed E-state index contributed by atoms with van der Waals surface area (Å²) in [5, 5.41) is 15.0. The second kappa shape index (κ2) is 8.79. The van der Waals surface area contributed by atoms with E-state index in [0.29, 0.717) is 18.0 Å². The molecule has 0 aliphatic heterocycles. The average Bonchev–Trinajstić information content (AvgIpc) is 2.99. The smallest absolute Gasteiger partial charge is 0.251 e. The lowest BCUT2D eigenvalue weighted by molar-refractivity contribution is 0.0943. The van der Waals surface area contributed by atoms with Gasteiger partial charge in [-0.2, -0.15) is 0 Å². The molecule has 0 saturated carbocycles. The molecule has 1 atom stereocenters. The molecular formula is C18H24N2O2S. The van der Waals surface area contributed by atoms with Gasteiger partial charge < -0.3 is 10.4 Å². The number of carbonyl (C=O) groups excluding carboxylic acids is 1. The summed E-state index contributed by atoms with van der Waals surface area (Å²) >= 11 is 1.58. The van der Waals surface area contributed by atoms with Gasteiger partial charge in [0.15, 0.2) is 0 Å². The molecule has 0 aliphatic carbocycles. The van der Waals surface area contributed by atoms with Crippen molar-refractivity contribution in [3.05, 3.63) is 40.9 Å². The molecule has 0 saturated heterocycles. The predicted molar refractivity (Wildman–Crippen MR) is 94.7 cm³/mol. The van der Waals surface area contributed by atoms with Gasteiger partial charge in [-0.05, 0) is 37.8 Å². The Kier molecular flexibility index (Phi) is 6.74. The van der Waals surface area contributed by atoms with Crippen LogP contribution in [0.1, 0.15) is 42.2 Å². The van der Waals surface area contributed by atoms with Crippen LogP contribution in [0.5, 0.6) is 0 Å². The van der Waals surface area contributed by atoms with E-state index in [1.54, 1.807) is 11.3 Å². The van der Waals surface area contributed by atoms with Crippen molar-refractivity contribution in [3.63, 3.8) is 0 Å². The van der Waals surface area contributed by atoms with Crippen LogP contribution in [0.3, 0.4) is 0 Å². The summed E-state index contributed by atoms with van der Waals surface area (Å²) in [6, 6.07) is 7.56. The molecule has 4 nitrogen and oxygen atoms in total. The third-order valence-electron chi connectivity index (χ3n) is 3.78. The summed E-state index contributed by atoms with van der Waals surface area (Å²) in [6.07, 6.45) is 2.80. The number of aliphatic hydroxyl groups excluding tert-OH is 1. The number of rotatable bonds is 8. The van der Waals surface area contributed by atoms with Crippen LogP contribution in [0.25, 0.3) is 10.6 Å². The number of benzene rings is 1.